The molecule has 0 saturated heterocycles. The minimum absolute atomic E-state index is 0.143. The summed E-state index contributed by atoms with van der Waals surface area (Å²) in [6.45, 7) is 0. The lowest BCUT2D eigenvalue weighted by molar-refractivity contribution is -0.132. The summed E-state index contributed by atoms with van der Waals surface area (Å²) in [4.78, 5) is 25.9. The van der Waals surface area contributed by atoms with Crippen LogP contribution in [0.25, 0.3) is 11.2 Å². The summed E-state index contributed by atoms with van der Waals surface area (Å²) in [6, 6.07) is -0.0307. The summed E-state index contributed by atoms with van der Waals surface area (Å²) in [5, 5.41) is 27.3. The van der Waals surface area contributed by atoms with E-state index in [4.69, 9.17) is 0 Å². The van der Waals surface area contributed by atoms with Gasteiger partial charge in [0, 0.05) is 41.6 Å². The van der Waals surface area contributed by atoms with Crippen molar-refractivity contribution in [3.8, 4) is 0 Å². The van der Waals surface area contributed by atoms with E-state index in [-0.39, 0.29) is 11.8 Å². The first-order valence-electron chi connectivity index (χ1n) is 9.22. The molecule has 0 aromatic carbocycles. The monoisotopic (exact) mass is 484 g/mol. The fourth-order valence-corrected chi connectivity index (χ4v) is 5.21. The highest BCUT2D eigenvalue weighted by molar-refractivity contribution is 14.1. The second-order valence-electron chi connectivity index (χ2n) is 7.79. The molecule has 5 atom stereocenters. The average Bonchev–Trinajstić information content (AvgIpc) is 3.15. The summed E-state index contributed by atoms with van der Waals surface area (Å²) in [5.41, 5.74) is 0.358. The highest BCUT2D eigenvalue weighted by Crippen LogP contribution is 2.67. The molecule has 0 spiro atoms. The van der Waals surface area contributed by atoms with Crippen molar-refractivity contribution in [1.82, 2.24) is 24.8 Å². The minimum Gasteiger partial charge on any atom is -0.389 e. The van der Waals surface area contributed by atoms with Crippen LogP contribution in [0, 0.1) is 15.2 Å². The van der Waals surface area contributed by atoms with Crippen molar-refractivity contribution in [2.24, 2.45) is 11.3 Å². The van der Waals surface area contributed by atoms with E-state index in [1.807, 2.05) is 0 Å². The minimum atomic E-state index is -1.10. The summed E-state index contributed by atoms with van der Waals surface area (Å²) >= 11 is 2.07. The number of rotatable bonds is 4. The maximum absolute atomic E-state index is 12.3. The van der Waals surface area contributed by atoms with E-state index >= 15 is 0 Å². The van der Waals surface area contributed by atoms with Crippen LogP contribution in [0.3, 0.4) is 0 Å². The zero-order valence-corrected chi connectivity index (χ0v) is 16.9. The van der Waals surface area contributed by atoms with Crippen LogP contribution in [0.1, 0.15) is 31.7 Å². The molecule has 0 radical (unpaired) electrons. The van der Waals surface area contributed by atoms with Gasteiger partial charge in [-0.3, -0.25) is 4.79 Å². The number of aliphatic hydroxyl groups is 2. The number of nitrogens with zero attached hydrogens (tertiary/aromatic N) is 4. The summed E-state index contributed by atoms with van der Waals surface area (Å²) in [5.74, 6) is 0.340. The van der Waals surface area contributed by atoms with E-state index in [9.17, 15) is 15.0 Å². The van der Waals surface area contributed by atoms with Gasteiger partial charge in [0.2, 0.25) is 5.91 Å². The molecule has 9 nitrogen and oxygen atoms in total. The maximum Gasteiger partial charge on any atom is 0.229 e. The van der Waals surface area contributed by atoms with Crippen molar-refractivity contribution in [2.45, 2.75) is 50.0 Å². The number of carbonyl (C=O) groups excluding carboxylic acids is 1. The van der Waals surface area contributed by atoms with Gasteiger partial charge in [0.05, 0.1) is 23.9 Å². The average molecular weight is 484 g/mol. The van der Waals surface area contributed by atoms with Gasteiger partial charge in [-0.05, 0) is 25.7 Å². The Bertz CT molecular complexity index is 931. The largest absolute Gasteiger partial charge is 0.389 e. The smallest absolute Gasteiger partial charge is 0.229 e. The first-order valence-corrected chi connectivity index (χ1v) is 10.3. The molecule has 1 unspecified atom stereocenters. The number of nitrogens with one attached hydrogen (secondary N) is 2. The SMILES string of the molecule is CNC(=O)[C@]12CC1[C@@H](n1cnc3c(NC4CCC4)nc(I)nc31)[C@H](O)[C@@H]2O. The molecule has 4 N–H and O–H groups in total. The standard InChI is InChI=1S/C17H21IN6O3/c1-19-15(27)17-5-8(17)10(11(25)12(17)26)24-6-20-9-13(21-7-3-2-4-7)22-16(18)23-14(9)24/h6-8,10-12,25-26H,2-5H2,1H3,(H,19,27)(H,21,22,23)/t8?,10-,11+,12+,17-/m1/s1. The van der Waals surface area contributed by atoms with Crippen molar-refractivity contribution in [3.05, 3.63) is 10.2 Å². The summed E-state index contributed by atoms with van der Waals surface area (Å²) in [7, 11) is 1.56. The molecule has 1 amide bonds. The van der Waals surface area contributed by atoms with E-state index in [0.717, 1.165) is 12.8 Å². The molecule has 2 aromatic rings. The third kappa shape index (κ3) is 2.35. The molecular formula is C17H21IN6O3. The number of hydrogen-bond acceptors (Lipinski definition) is 7. The number of fused-ring (bicyclic) bond motifs is 2. The second-order valence-corrected chi connectivity index (χ2v) is 8.76. The Balaban J connectivity index is 1.55. The molecule has 0 aliphatic heterocycles. The maximum atomic E-state index is 12.3. The zero-order valence-electron chi connectivity index (χ0n) is 14.8. The molecule has 5 rings (SSSR count). The van der Waals surface area contributed by atoms with Gasteiger partial charge < -0.3 is 25.4 Å². The van der Waals surface area contributed by atoms with Gasteiger partial charge in [0.25, 0.3) is 0 Å². The Morgan fingerprint density at radius 2 is 2.15 bits per heavy atom. The number of hydrogen-bond donors (Lipinski definition) is 4. The van der Waals surface area contributed by atoms with Crippen LogP contribution in [-0.2, 0) is 4.79 Å². The van der Waals surface area contributed by atoms with Gasteiger partial charge >= 0.3 is 0 Å². The highest BCUT2D eigenvalue weighted by Gasteiger charge is 2.75. The fraction of sp³-hybridized carbons (Fsp3) is 0.647. The Morgan fingerprint density at radius 1 is 1.37 bits per heavy atom. The second kappa shape index (κ2) is 5.98. The number of carbonyl (C=O) groups is 1. The van der Waals surface area contributed by atoms with Gasteiger partial charge in [-0.15, -0.1) is 0 Å². The first-order chi connectivity index (χ1) is 13.0. The Kier molecular flexibility index (Phi) is 3.89. The fourth-order valence-electron chi connectivity index (χ4n) is 4.74. The molecule has 3 aliphatic carbocycles. The number of aliphatic hydroxyl groups excluding tert-OH is 2. The molecule has 3 fully saturated rings. The topological polar surface area (TPSA) is 125 Å². The van der Waals surface area contributed by atoms with Crippen molar-refractivity contribution in [2.75, 3.05) is 12.4 Å². The van der Waals surface area contributed by atoms with Crippen molar-refractivity contribution in [3.63, 3.8) is 0 Å². The quantitative estimate of drug-likeness (QED) is 0.366. The van der Waals surface area contributed by atoms with Gasteiger partial charge in [-0.1, -0.05) is 0 Å². The number of aromatic nitrogens is 4. The van der Waals surface area contributed by atoms with E-state index in [0.29, 0.717) is 33.3 Å². The number of imidazole rings is 1. The van der Waals surface area contributed by atoms with Gasteiger partial charge in [0.1, 0.15) is 6.10 Å². The van der Waals surface area contributed by atoms with Gasteiger partial charge in [-0.25, -0.2) is 15.0 Å². The number of anilines is 1. The lowest BCUT2D eigenvalue weighted by atomic mass is 9.93. The van der Waals surface area contributed by atoms with E-state index in [1.165, 1.54) is 6.42 Å². The summed E-state index contributed by atoms with van der Waals surface area (Å²) < 4.78 is 2.39. The zero-order chi connectivity index (χ0) is 18.9. The van der Waals surface area contributed by atoms with Gasteiger partial charge in [-0.2, -0.15) is 0 Å². The molecule has 3 saturated carbocycles. The van der Waals surface area contributed by atoms with Crippen LogP contribution in [0.5, 0.6) is 0 Å². The van der Waals surface area contributed by atoms with Crippen molar-refractivity contribution in [1.29, 1.82) is 0 Å². The summed E-state index contributed by atoms with van der Waals surface area (Å²) in [6.07, 6.45) is 3.49. The molecular weight excluding hydrogens is 463 g/mol. The van der Waals surface area contributed by atoms with Crippen LogP contribution in [0.15, 0.2) is 6.33 Å². The molecule has 0 bridgehead atoms. The molecule has 2 aromatic heterocycles. The molecule has 3 aliphatic rings. The predicted molar refractivity (Wildman–Crippen MR) is 105 cm³/mol. The first kappa shape index (κ1) is 17.6. The van der Waals surface area contributed by atoms with Crippen LogP contribution in [0.2, 0.25) is 0 Å². The third-order valence-corrected chi connectivity index (χ3v) is 6.97. The Hall–Kier alpha value is -1.53. The molecule has 10 heteroatoms. The third-order valence-electron chi connectivity index (χ3n) is 6.48. The van der Waals surface area contributed by atoms with Crippen LogP contribution < -0.4 is 10.6 Å². The Labute approximate surface area is 169 Å². The predicted octanol–water partition coefficient (Wildman–Crippen LogP) is 0.424. The van der Waals surface area contributed by atoms with Crippen molar-refractivity contribution >= 4 is 45.5 Å². The van der Waals surface area contributed by atoms with Crippen LogP contribution in [0.4, 0.5) is 5.82 Å². The van der Waals surface area contributed by atoms with E-state index < -0.39 is 23.7 Å². The van der Waals surface area contributed by atoms with Crippen LogP contribution >= 0.6 is 22.6 Å². The highest BCUT2D eigenvalue weighted by atomic mass is 127. The van der Waals surface area contributed by atoms with E-state index in [2.05, 4.69) is 48.2 Å². The molecule has 144 valence electrons. The molecule has 27 heavy (non-hydrogen) atoms. The normalized spacial score (nSPS) is 35.0. The Morgan fingerprint density at radius 3 is 2.81 bits per heavy atom. The van der Waals surface area contributed by atoms with Gasteiger partial charge in [0.15, 0.2) is 20.8 Å². The lowest BCUT2D eigenvalue weighted by Gasteiger charge is -2.27. The van der Waals surface area contributed by atoms with E-state index in [1.54, 1.807) is 17.9 Å². The number of amides is 1. The molecule has 2 heterocycles. The van der Waals surface area contributed by atoms with Crippen LogP contribution in [-0.4, -0.2) is 60.9 Å². The number of halogens is 1. The lowest BCUT2D eigenvalue weighted by Crippen LogP contribution is -2.41. The van der Waals surface area contributed by atoms with Crippen molar-refractivity contribution < 1.29 is 15.0 Å².